The Hall–Kier alpha value is -1.40. The van der Waals surface area contributed by atoms with Crippen molar-refractivity contribution in [1.82, 2.24) is 21.5 Å². The molecule has 120 valence electrons. The van der Waals surface area contributed by atoms with Crippen molar-refractivity contribution in [1.29, 1.82) is 0 Å². The molecule has 0 radical (unpaired) electrons. The van der Waals surface area contributed by atoms with Crippen LogP contribution in [0.3, 0.4) is 0 Å². The van der Waals surface area contributed by atoms with Crippen molar-refractivity contribution >= 4 is 34.7 Å². The molecule has 2 atom stereocenters. The maximum absolute atomic E-state index is 5.31. The Labute approximate surface area is 143 Å². The summed E-state index contributed by atoms with van der Waals surface area (Å²) in [7, 11) is 0. The smallest absolute Gasteiger partial charge is 0.185 e. The lowest BCUT2D eigenvalue weighted by Gasteiger charge is -2.30. The summed E-state index contributed by atoms with van der Waals surface area (Å²) in [5.41, 5.74) is 7.06. The van der Waals surface area contributed by atoms with Gasteiger partial charge < -0.3 is 10.6 Å². The minimum Gasteiger partial charge on any atom is -0.358 e. The second kappa shape index (κ2) is 8.90. The third-order valence-electron chi connectivity index (χ3n) is 4.01. The molecule has 1 aliphatic carbocycles. The van der Waals surface area contributed by atoms with Gasteiger partial charge in [0.05, 0.1) is 0 Å². The van der Waals surface area contributed by atoms with Crippen LogP contribution in [0.25, 0.3) is 0 Å². The lowest BCUT2D eigenvalue weighted by Crippen LogP contribution is -2.53. The molecule has 4 N–H and O–H groups in total. The zero-order valence-electron chi connectivity index (χ0n) is 12.9. The first-order chi connectivity index (χ1) is 10.6. The summed E-state index contributed by atoms with van der Waals surface area (Å²) in [4.78, 5) is 0. The minimum absolute atomic E-state index is 0.460. The molecule has 6 heteroatoms. The molecule has 0 aliphatic heterocycles. The van der Waals surface area contributed by atoms with Crippen LogP contribution in [0.2, 0.25) is 0 Å². The Bertz CT molecular complexity index is 492. The van der Waals surface area contributed by atoms with Gasteiger partial charge in [0.15, 0.2) is 10.2 Å². The third-order valence-corrected chi connectivity index (χ3v) is 4.48. The van der Waals surface area contributed by atoms with E-state index in [1.807, 2.05) is 18.2 Å². The van der Waals surface area contributed by atoms with E-state index in [1.165, 1.54) is 31.2 Å². The topological polar surface area (TPSA) is 48.1 Å². The summed E-state index contributed by atoms with van der Waals surface area (Å²) < 4.78 is 0. The summed E-state index contributed by atoms with van der Waals surface area (Å²) >= 11 is 10.5. The lowest BCUT2D eigenvalue weighted by molar-refractivity contribution is 0.308. The van der Waals surface area contributed by atoms with Crippen molar-refractivity contribution in [3.63, 3.8) is 0 Å². The van der Waals surface area contributed by atoms with Gasteiger partial charge in [0.2, 0.25) is 0 Å². The minimum atomic E-state index is 0.460. The predicted molar refractivity (Wildman–Crippen MR) is 99.3 cm³/mol. The quantitative estimate of drug-likeness (QED) is 0.503. The molecule has 0 aromatic heterocycles. The van der Waals surface area contributed by atoms with Crippen LogP contribution in [0.1, 0.15) is 38.2 Å². The molecule has 0 amide bonds. The highest BCUT2D eigenvalue weighted by molar-refractivity contribution is 7.80. The van der Waals surface area contributed by atoms with E-state index in [9.17, 15) is 0 Å². The molecular weight excluding hydrogens is 312 g/mol. The third kappa shape index (κ3) is 5.77. The van der Waals surface area contributed by atoms with E-state index in [4.69, 9.17) is 24.4 Å². The molecule has 1 aromatic rings. The number of thiocarbonyl (C=S) groups is 2. The molecule has 1 fully saturated rings. The summed E-state index contributed by atoms with van der Waals surface area (Å²) in [5, 5.41) is 7.64. The molecule has 0 bridgehead atoms. The van der Waals surface area contributed by atoms with E-state index in [2.05, 4.69) is 40.5 Å². The van der Waals surface area contributed by atoms with Crippen molar-refractivity contribution < 1.29 is 0 Å². The van der Waals surface area contributed by atoms with Gasteiger partial charge in [0.25, 0.3) is 0 Å². The molecule has 2 rings (SSSR count). The number of hydrogen-bond donors (Lipinski definition) is 4. The number of hydrazine groups is 1. The van der Waals surface area contributed by atoms with Gasteiger partial charge in [-0.2, -0.15) is 0 Å². The normalized spacial score (nSPS) is 20.8. The predicted octanol–water partition coefficient (Wildman–Crippen LogP) is 2.61. The summed E-state index contributed by atoms with van der Waals surface area (Å²) in [6.45, 7) is 2.97. The molecule has 1 saturated carbocycles. The van der Waals surface area contributed by atoms with Crippen molar-refractivity contribution in [3.8, 4) is 0 Å². The van der Waals surface area contributed by atoms with Crippen molar-refractivity contribution in [3.05, 3.63) is 35.9 Å². The molecular formula is C16H24N4S2. The molecule has 1 aliphatic rings. The van der Waals surface area contributed by atoms with Gasteiger partial charge in [-0.25, -0.2) is 0 Å². The van der Waals surface area contributed by atoms with Crippen molar-refractivity contribution in [2.24, 2.45) is 5.92 Å². The molecule has 1 aromatic carbocycles. The zero-order valence-corrected chi connectivity index (χ0v) is 14.5. The van der Waals surface area contributed by atoms with E-state index in [0.29, 0.717) is 28.7 Å². The van der Waals surface area contributed by atoms with Crippen LogP contribution >= 0.6 is 24.4 Å². The Morgan fingerprint density at radius 3 is 2.45 bits per heavy atom. The fraction of sp³-hybridized carbons (Fsp3) is 0.500. The maximum atomic E-state index is 5.31. The highest BCUT2D eigenvalue weighted by atomic mass is 32.1. The average molecular weight is 337 g/mol. The highest BCUT2D eigenvalue weighted by Crippen LogP contribution is 2.23. The van der Waals surface area contributed by atoms with Crippen LogP contribution in [0, 0.1) is 5.92 Å². The van der Waals surface area contributed by atoms with Gasteiger partial charge >= 0.3 is 0 Å². The molecule has 0 unspecified atom stereocenters. The monoisotopic (exact) mass is 336 g/mol. The molecule has 0 spiro atoms. The molecule has 0 saturated heterocycles. The van der Waals surface area contributed by atoms with Gasteiger partial charge in [-0.3, -0.25) is 10.9 Å². The Balaban J connectivity index is 1.64. The summed E-state index contributed by atoms with van der Waals surface area (Å²) in [6, 6.07) is 10.6. The maximum Gasteiger partial charge on any atom is 0.185 e. The van der Waals surface area contributed by atoms with Crippen LogP contribution in [-0.4, -0.2) is 16.3 Å². The van der Waals surface area contributed by atoms with E-state index in [-0.39, 0.29) is 0 Å². The first-order valence-electron chi connectivity index (χ1n) is 7.79. The Morgan fingerprint density at radius 1 is 1.05 bits per heavy atom. The molecule has 4 nitrogen and oxygen atoms in total. The van der Waals surface area contributed by atoms with Crippen LogP contribution in [0.15, 0.2) is 30.3 Å². The van der Waals surface area contributed by atoms with Crippen LogP contribution in [-0.2, 0) is 6.54 Å². The van der Waals surface area contributed by atoms with E-state index >= 15 is 0 Å². The Kier molecular flexibility index (Phi) is 6.86. The zero-order chi connectivity index (χ0) is 15.8. The first-order valence-corrected chi connectivity index (χ1v) is 8.61. The number of hydrogen-bond acceptors (Lipinski definition) is 2. The van der Waals surface area contributed by atoms with E-state index in [1.54, 1.807) is 0 Å². The second-order valence-corrected chi connectivity index (χ2v) is 6.58. The number of rotatable bonds is 3. The molecule has 0 heterocycles. The van der Waals surface area contributed by atoms with E-state index in [0.717, 1.165) is 0 Å². The average Bonchev–Trinajstić information content (AvgIpc) is 2.54. The number of benzene rings is 1. The lowest BCUT2D eigenvalue weighted by atomic mass is 9.86. The molecule has 22 heavy (non-hydrogen) atoms. The van der Waals surface area contributed by atoms with Crippen LogP contribution < -0.4 is 21.5 Å². The fourth-order valence-electron chi connectivity index (χ4n) is 2.67. The second-order valence-electron chi connectivity index (χ2n) is 5.76. The van der Waals surface area contributed by atoms with Crippen LogP contribution in [0.4, 0.5) is 0 Å². The van der Waals surface area contributed by atoms with Gasteiger partial charge in [0.1, 0.15) is 0 Å². The van der Waals surface area contributed by atoms with Gasteiger partial charge in [0, 0.05) is 12.6 Å². The standard InChI is InChI=1S/C16H24N4S2/c1-12-7-5-6-10-14(12)18-16(22)20-19-15(21)17-11-13-8-3-2-4-9-13/h2-4,8-9,12,14H,5-7,10-11H2,1H3,(H2,17,19,21)(H2,18,20,22)/t12-,14-/m1/s1. The number of nitrogens with one attached hydrogen (secondary N) is 4. The Morgan fingerprint density at radius 2 is 1.73 bits per heavy atom. The van der Waals surface area contributed by atoms with Crippen molar-refractivity contribution in [2.75, 3.05) is 0 Å². The van der Waals surface area contributed by atoms with Gasteiger partial charge in [-0.1, -0.05) is 50.1 Å². The van der Waals surface area contributed by atoms with E-state index < -0.39 is 0 Å². The van der Waals surface area contributed by atoms with Crippen LogP contribution in [0.5, 0.6) is 0 Å². The summed E-state index contributed by atoms with van der Waals surface area (Å²) in [5.74, 6) is 0.664. The van der Waals surface area contributed by atoms with Gasteiger partial charge in [-0.15, -0.1) is 0 Å². The highest BCUT2D eigenvalue weighted by Gasteiger charge is 2.21. The summed E-state index contributed by atoms with van der Waals surface area (Å²) in [6.07, 6.45) is 5.05. The fourth-order valence-corrected chi connectivity index (χ4v) is 3.00. The van der Waals surface area contributed by atoms with Gasteiger partial charge in [-0.05, 0) is 48.8 Å². The largest absolute Gasteiger partial charge is 0.358 e. The van der Waals surface area contributed by atoms with Crippen molar-refractivity contribution in [2.45, 2.75) is 45.2 Å². The first kappa shape index (κ1) is 17.0. The SMILES string of the molecule is C[C@@H]1CCCC[C@H]1NC(=S)NNC(=S)NCc1ccccc1.